The van der Waals surface area contributed by atoms with E-state index in [0.717, 1.165) is 12.0 Å². The zero-order chi connectivity index (χ0) is 9.14. The fourth-order valence-corrected chi connectivity index (χ4v) is 0.994. The van der Waals surface area contributed by atoms with Gasteiger partial charge in [0, 0.05) is 11.8 Å². The van der Waals surface area contributed by atoms with Crippen LogP contribution in [0.3, 0.4) is 0 Å². The van der Waals surface area contributed by atoms with Crippen molar-refractivity contribution in [2.75, 3.05) is 5.73 Å². The Morgan fingerprint density at radius 1 is 1.83 bits per heavy atom. The van der Waals surface area contributed by atoms with Crippen molar-refractivity contribution in [2.24, 2.45) is 0 Å². The molecule has 0 saturated heterocycles. The van der Waals surface area contributed by atoms with Gasteiger partial charge < -0.3 is 5.73 Å². The largest absolute Gasteiger partial charge is 0.382 e. The lowest BCUT2D eigenvalue weighted by atomic mass is 10.2. The normalized spacial score (nSPS) is 12.4. The Morgan fingerprint density at radius 2 is 2.50 bits per heavy atom. The average Bonchev–Trinajstić information content (AvgIpc) is 2.35. The van der Waals surface area contributed by atoms with Crippen LogP contribution in [0.25, 0.3) is 0 Å². The lowest BCUT2D eigenvalue weighted by Crippen LogP contribution is -2.06. The standard InChI is InChI=1S/C8H12N4/c1-3-7(4-9)12-5-6(2)8(10)11-12/h5,7H,3H2,1-2H3,(H2,10,11). The van der Waals surface area contributed by atoms with Crippen molar-refractivity contribution in [2.45, 2.75) is 26.3 Å². The Morgan fingerprint density at radius 3 is 2.83 bits per heavy atom. The minimum atomic E-state index is -0.194. The quantitative estimate of drug-likeness (QED) is 0.715. The number of anilines is 1. The van der Waals surface area contributed by atoms with Gasteiger partial charge in [0.1, 0.15) is 11.9 Å². The van der Waals surface area contributed by atoms with Gasteiger partial charge in [-0.15, -0.1) is 0 Å². The molecule has 0 aliphatic rings. The van der Waals surface area contributed by atoms with E-state index in [-0.39, 0.29) is 6.04 Å². The van der Waals surface area contributed by atoms with Crippen LogP contribution in [0, 0.1) is 18.3 Å². The highest BCUT2D eigenvalue weighted by molar-refractivity contribution is 5.36. The molecule has 0 fully saturated rings. The Hall–Kier alpha value is -1.50. The molecule has 0 aromatic carbocycles. The third-order valence-electron chi connectivity index (χ3n) is 1.81. The molecule has 4 heteroatoms. The van der Waals surface area contributed by atoms with E-state index >= 15 is 0 Å². The zero-order valence-corrected chi connectivity index (χ0v) is 7.28. The summed E-state index contributed by atoms with van der Waals surface area (Å²) in [6.45, 7) is 3.82. The highest BCUT2D eigenvalue weighted by atomic mass is 15.3. The Kier molecular flexibility index (Phi) is 2.34. The van der Waals surface area contributed by atoms with E-state index in [0.29, 0.717) is 5.82 Å². The number of nitrogen functional groups attached to an aromatic ring is 1. The summed E-state index contributed by atoms with van der Waals surface area (Å²) in [7, 11) is 0. The summed E-state index contributed by atoms with van der Waals surface area (Å²) in [5, 5.41) is 12.8. The molecule has 1 atom stereocenters. The van der Waals surface area contributed by atoms with Gasteiger partial charge in [0.25, 0.3) is 0 Å². The zero-order valence-electron chi connectivity index (χ0n) is 7.28. The molecule has 12 heavy (non-hydrogen) atoms. The highest BCUT2D eigenvalue weighted by Gasteiger charge is 2.09. The molecule has 0 amide bonds. The van der Waals surface area contributed by atoms with Gasteiger partial charge in [0.05, 0.1) is 6.07 Å². The first-order valence-electron chi connectivity index (χ1n) is 3.89. The third-order valence-corrected chi connectivity index (χ3v) is 1.81. The van der Waals surface area contributed by atoms with Crippen molar-refractivity contribution in [3.8, 4) is 6.07 Å². The number of nitriles is 1. The van der Waals surface area contributed by atoms with Gasteiger partial charge in [-0.05, 0) is 13.3 Å². The molecule has 1 unspecified atom stereocenters. The Balaban J connectivity index is 2.96. The van der Waals surface area contributed by atoms with Gasteiger partial charge in [-0.25, -0.2) is 0 Å². The minimum Gasteiger partial charge on any atom is -0.382 e. The van der Waals surface area contributed by atoms with Gasteiger partial charge in [0.2, 0.25) is 0 Å². The van der Waals surface area contributed by atoms with E-state index in [9.17, 15) is 0 Å². The van der Waals surface area contributed by atoms with Gasteiger partial charge in [0.15, 0.2) is 0 Å². The molecule has 0 aliphatic carbocycles. The van der Waals surface area contributed by atoms with E-state index in [1.807, 2.05) is 13.8 Å². The number of rotatable bonds is 2. The maximum atomic E-state index is 8.73. The van der Waals surface area contributed by atoms with Crippen LogP contribution in [0.5, 0.6) is 0 Å². The number of hydrogen-bond donors (Lipinski definition) is 1. The maximum Gasteiger partial charge on any atom is 0.148 e. The van der Waals surface area contributed by atoms with Gasteiger partial charge in [-0.2, -0.15) is 10.4 Å². The molecule has 0 bridgehead atoms. The predicted molar refractivity (Wildman–Crippen MR) is 46.3 cm³/mol. The van der Waals surface area contributed by atoms with Crippen LogP contribution in [0.15, 0.2) is 6.20 Å². The molecule has 1 aromatic rings. The van der Waals surface area contributed by atoms with Crippen molar-refractivity contribution in [1.29, 1.82) is 5.26 Å². The summed E-state index contributed by atoms with van der Waals surface area (Å²) in [5.74, 6) is 0.503. The fourth-order valence-electron chi connectivity index (χ4n) is 0.994. The second-order valence-corrected chi connectivity index (χ2v) is 2.73. The smallest absolute Gasteiger partial charge is 0.148 e. The van der Waals surface area contributed by atoms with E-state index in [1.165, 1.54) is 0 Å². The number of aryl methyl sites for hydroxylation is 1. The number of aromatic nitrogens is 2. The van der Waals surface area contributed by atoms with Crippen molar-refractivity contribution in [3.63, 3.8) is 0 Å². The molecule has 4 nitrogen and oxygen atoms in total. The van der Waals surface area contributed by atoms with Crippen molar-refractivity contribution in [3.05, 3.63) is 11.8 Å². The molecule has 0 spiro atoms. The summed E-state index contributed by atoms with van der Waals surface area (Å²) in [6, 6.07) is 1.96. The molecule has 0 radical (unpaired) electrons. The topological polar surface area (TPSA) is 67.6 Å². The predicted octanol–water partition coefficient (Wildman–Crippen LogP) is 1.25. The third kappa shape index (κ3) is 1.40. The first-order valence-corrected chi connectivity index (χ1v) is 3.89. The van der Waals surface area contributed by atoms with Crippen molar-refractivity contribution in [1.82, 2.24) is 9.78 Å². The molecule has 64 valence electrons. The Labute approximate surface area is 71.6 Å². The SMILES string of the molecule is CCC(C#N)n1cc(C)c(N)n1. The van der Waals surface area contributed by atoms with Gasteiger partial charge >= 0.3 is 0 Å². The molecule has 0 aliphatic heterocycles. The molecule has 2 N–H and O–H groups in total. The van der Waals surface area contributed by atoms with Crippen LogP contribution in [0.1, 0.15) is 24.9 Å². The van der Waals surface area contributed by atoms with Crippen LogP contribution in [-0.2, 0) is 0 Å². The summed E-state index contributed by atoms with van der Waals surface area (Å²) in [6.07, 6.45) is 2.55. The van der Waals surface area contributed by atoms with Crippen molar-refractivity contribution >= 4 is 5.82 Å². The van der Waals surface area contributed by atoms with Crippen LogP contribution in [0.2, 0.25) is 0 Å². The van der Waals surface area contributed by atoms with Crippen LogP contribution in [-0.4, -0.2) is 9.78 Å². The molecule has 1 heterocycles. The lowest BCUT2D eigenvalue weighted by molar-refractivity contribution is 0.536. The van der Waals surface area contributed by atoms with E-state index < -0.39 is 0 Å². The van der Waals surface area contributed by atoms with E-state index in [4.69, 9.17) is 11.0 Å². The van der Waals surface area contributed by atoms with Crippen molar-refractivity contribution < 1.29 is 0 Å². The molecular weight excluding hydrogens is 152 g/mol. The minimum absolute atomic E-state index is 0.194. The summed E-state index contributed by atoms with van der Waals surface area (Å²) in [5.41, 5.74) is 6.47. The van der Waals surface area contributed by atoms with E-state index in [2.05, 4.69) is 11.2 Å². The molecule has 1 rings (SSSR count). The van der Waals surface area contributed by atoms with Gasteiger partial charge in [-0.3, -0.25) is 4.68 Å². The second-order valence-electron chi connectivity index (χ2n) is 2.73. The number of nitrogens with zero attached hydrogens (tertiary/aromatic N) is 3. The average molecular weight is 164 g/mol. The second kappa shape index (κ2) is 3.26. The summed E-state index contributed by atoms with van der Waals surface area (Å²) in [4.78, 5) is 0. The first kappa shape index (κ1) is 8.60. The summed E-state index contributed by atoms with van der Waals surface area (Å²) < 4.78 is 1.62. The van der Waals surface area contributed by atoms with Crippen LogP contribution in [0.4, 0.5) is 5.82 Å². The van der Waals surface area contributed by atoms with E-state index in [1.54, 1.807) is 10.9 Å². The molecule has 1 aromatic heterocycles. The first-order chi connectivity index (χ1) is 5.69. The molecule has 0 saturated carbocycles. The van der Waals surface area contributed by atoms with Crippen LogP contribution < -0.4 is 5.73 Å². The lowest BCUT2D eigenvalue weighted by Gasteiger charge is -2.04. The highest BCUT2D eigenvalue weighted by Crippen LogP contribution is 2.13. The monoisotopic (exact) mass is 164 g/mol. The number of hydrogen-bond acceptors (Lipinski definition) is 3. The fraction of sp³-hybridized carbons (Fsp3) is 0.500. The van der Waals surface area contributed by atoms with Crippen LogP contribution >= 0.6 is 0 Å². The Bertz CT molecular complexity index is 288. The number of nitrogens with two attached hydrogens (primary N) is 1. The summed E-state index contributed by atoms with van der Waals surface area (Å²) >= 11 is 0. The molecular formula is C8H12N4. The maximum absolute atomic E-state index is 8.73. The van der Waals surface area contributed by atoms with Gasteiger partial charge in [-0.1, -0.05) is 6.92 Å².